The lowest BCUT2D eigenvalue weighted by molar-refractivity contribution is 0.628. The van der Waals surface area contributed by atoms with E-state index in [1.807, 2.05) is 37.3 Å². The van der Waals surface area contributed by atoms with Gasteiger partial charge in [-0.2, -0.15) is 5.10 Å². The van der Waals surface area contributed by atoms with E-state index in [1.165, 1.54) is 12.1 Å². The first-order valence-corrected chi connectivity index (χ1v) is 6.48. The van der Waals surface area contributed by atoms with E-state index in [0.717, 1.165) is 17.0 Å². The van der Waals surface area contributed by atoms with Crippen molar-refractivity contribution in [2.24, 2.45) is 5.10 Å². The van der Waals surface area contributed by atoms with Crippen LogP contribution in [-0.2, 0) is 0 Å². The predicted octanol–water partition coefficient (Wildman–Crippen LogP) is 3.54. The van der Waals surface area contributed by atoms with Crippen LogP contribution in [0, 0.1) is 5.82 Å². The van der Waals surface area contributed by atoms with E-state index in [0.29, 0.717) is 5.11 Å². The van der Waals surface area contributed by atoms with Crippen molar-refractivity contribution in [2.45, 2.75) is 6.92 Å². The minimum Gasteiger partial charge on any atom is -0.331 e. The Morgan fingerprint density at radius 2 is 1.70 bits per heavy atom. The maximum absolute atomic E-state index is 12.8. The van der Waals surface area contributed by atoms with Crippen molar-refractivity contribution >= 4 is 28.7 Å². The molecule has 0 amide bonds. The average Bonchev–Trinajstić information content (AvgIpc) is 2.46. The van der Waals surface area contributed by atoms with Crippen molar-refractivity contribution in [3.05, 3.63) is 66.0 Å². The van der Waals surface area contributed by atoms with E-state index in [9.17, 15) is 4.39 Å². The molecule has 2 aromatic carbocycles. The Bertz CT molecular complexity index is 609. The second kappa shape index (κ2) is 6.77. The van der Waals surface area contributed by atoms with Crippen molar-refractivity contribution in [3.63, 3.8) is 0 Å². The molecule has 20 heavy (non-hydrogen) atoms. The first-order chi connectivity index (χ1) is 9.65. The van der Waals surface area contributed by atoms with Crippen LogP contribution in [0.1, 0.15) is 12.5 Å². The minimum absolute atomic E-state index is 0.268. The molecule has 2 N–H and O–H groups in total. The Kier molecular flexibility index (Phi) is 4.79. The third-order valence-electron chi connectivity index (χ3n) is 2.62. The van der Waals surface area contributed by atoms with Gasteiger partial charge < -0.3 is 5.32 Å². The summed E-state index contributed by atoms with van der Waals surface area (Å²) >= 11 is 5.14. The fourth-order valence-corrected chi connectivity index (χ4v) is 1.73. The summed E-state index contributed by atoms with van der Waals surface area (Å²) in [5.74, 6) is -0.268. The van der Waals surface area contributed by atoms with Crippen LogP contribution in [-0.4, -0.2) is 10.8 Å². The number of hydrazone groups is 1. The number of rotatable bonds is 3. The van der Waals surface area contributed by atoms with E-state index in [4.69, 9.17) is 12.2 Å². The standard InChI is InChI=1S/C15H14FN3S/c1-11(12-7-9-13(16)10-8-12)18-19-15(20)17-14-5-3-2-4-6-14/h2-10H,1H3,(H2,17,19,20)/b18-11+. The molecule has 0 spiro atoms. The number of halogens is 1. The van der Waals surface area contributed by atoms with E-state index in [1.54, 1.807) is 12.1 Å². The molecule has 0 unspecified atom stereocenters. The molecule has 0 aliphatic carbocycles. The molecule has 0 atom stereocenters. The SMILES string of the molecule is C/C(=N\NC(=S)Nc1ccccc1)c1ccc(F)cc1. The highest BCUT2D eigenvalue weighted by atomic mass is 32.1. The van der Waals surface area contributed by atoms with Gasteiger partial charge >= 0.3 is 0 Å². The molecule has 0 bridgehead atoms. The molecule has 0 aliphatic heterocycles. The van der Waals surface area contributed by atoms with Gasteiger partial charge in [0.15, 0.2) is 5.11 Å². The van der Waals surface area contributed by atoms with Crippen molar-refractivity contribution in [2.75, 3.05) is 5.32 Å². The maximum atomic E-state index is 12.8. The summed E-state index contributed by atoms with van der Waals surface area (Å²) in [5.41, 5.74) is 5.21. The number of anilines is 1. The molecule has 0 aliphatic rings. The number of hydrogen-bond donors (Lipinski definition) is 2. The highest BCUT2D eigenvalue weighted by Gasteiger charge is 1.99. The van der Waals surface area contributed by atoms with Gasteiger partial charge in [-0.05, 0) is 49.0 Å². The van der Waals surface area contributed by atoms with Gasteiger partial charge in [0, 0.05) is 5.69 Å². The second-order valence-corrected chi connectivity index (χ2v) is 4.54. The Hall–Kier alpha value is -2.27. The highest BCUT2D eigenvalue weighted by molar-refractivity contribution is 7.80. The zero-order chi connectivity index (χ0) is 14.4. The largest absolute Gasteiger partial charge is 0.331 e. The number of nitrogens with zero attached hydrogens (tertiary/aromatic N) is 1. The smallest absolute Gasteiger partial charge is 0.191 e. The van der Waals surface area contributed by atoms with Crippen molar-refractivity contribution < 1.29 is 4.39 Å². The highest BCUT2D eigenvalue weighted by Crippen LogP contribution is 2.05. The summed E-state index contributed by atoms with van der Waals surface area (Å²) in [5, 5.41) is 7.57. The van der Waals surface area contributed by atoms with Crippen LogP contribution >= 0.6 is 12.2 Å². The average molecular weight is 287 g/mol. The number of para-hydroxylation sites is 1. The molecule has 5 heteroatoms. The maximum Gasteiger partial charge on any atom is 0.191 e. The molecule has 0 radical (unpaired) electrons. The van der Waals surface area contributed by atoms with Gasteiger partial charge in [0.1, 0.15) is 5.82 Å². The molecule has 3 nitrogen and oxygen atoms in total. The van der Waals surface area contributed by atoms with E-state index >= 15 is 0 Å². The lowest BCUT2D eigenvalue weighted by Gasteiger charge is -2.07. The summed E-state index contributed by atoms with van der Waals surface area (Å²) in [6, 6.07) is 15.7. The van der Waals surface area contributed by atoms with Crippen LogP contribution in [0.15, 0.2) is 59.7 Å². The molecule has 0 saturated heterocycles. The summed E-state index contributed by atoms with van der Waals surface area (Å²) in [6.45, 7) is 1.82. The van der Waals surface area contributed by atoms with Gasteiger partial charge in [0.25, 0.3) is 0 Å². The third kappa shape index (κ3) is 4.13. The molecule has 2 aromatic rings. The second-order valence-electron chi connectivity index (χ2n) is 4.14. The van der Waals surface area contributed by atoms with Crippen LogP contribution in [0.5, 0.6) is 0 Å². The van der Waals surface area contributed by atoms with Gasteiger partial charge in [-0.3, -0.25) is 5.43 Å². The minimum atomic E-state index is -0.268. The fourth-order valence-electron chi connectivity index (χ4n) is 1.57. The van der Waals surface area contributed by atoms with Crippen molar-refractivity contribution in [1.82, 2.24) is 5.43 Å². The third-order valence-corrected chi connectivity index (χ3v) is 2.81. The predicted molar refractivity (Wildman–Crippen MR) is 84.4 cm³/mol. The van der Waals surface area contributed by atoms with Gasteiger partial charge in [-0.1, -0.05) is 30.3 Å². The van der Waals surface area contributed by atoms with Crippen molar-refractivity contribution in [3.8, 4) is 0 Å². The first kappa shape index (κ1) is 14.1. The summed E-state index contributed by atoms with van der Waals surface area (Å²) in [6.07, 6.45) is 0. The van der Waals surface area contributed by atoms with Gasteiger partial charge in [-0.25, -0.2) is 4.39 Å². The Labute approximate surface area is 122 Å². The van der Waals surface area contributed by atoms with Crippen LogP contribution in [0.25, 0.3) is 0 Å². The Morgan fingerprint density at radius 1 is 1.05 bits per heavy atom. The first-order valence-electron chi connectivity index (χ1n) is 6.07. The van der Waals surface area contributed by atoms with E-state index in [-0.39, 0.29) is 5.82 Å². The van der Waals surface area contributed by atoms with Gasteiger partial charge in [-0.15, -0.1) is 0 Å². The van der Waals surface area contributed by atoms with Gasteiger partial charge in [0.05, 0.1) is 5.71 Å². The lowest BCUT2D eigenvalue weighted by atomic mass is 10.1. The molecule has 0 aromatic heterocycles. The number of nitrogens with one attached hydrogen (secondary N) is 2. The Morgan fingerprint density at radius 3 is 2.35 bits per heavy atom. The Balaban J connectivity index is 1.95. The zero-order valence-corrected chi connectivity index (χ0v) is 11.7. The normalized spacial score (nSPS) is 11.0. The molecular weight excluding hydrogens is 273 g/mol. The summed E-state index contributed by atoms with van der Waals surface area (Å²) in [4.78, 5) is 0. The molecule has 2 rings (SSSR count). The monoisotopic (exact) mass is 287 g/mol. The van der Waals surface area contributed by atoms with Crippen LogP contribution in [0.3, 0.4) is 0 Å². The summed E-state index contributed by atoms with van der Waals surface area (Å²) in [7, 11) is 0. The van der Waals surface area contributed by atoms with E-state index < -0.39 is 0 Å². The van der Waals surface area contributed by atoms with E-state index in [2.05, 4.69) is 15.8 Å². The van der Waals surface area contributed by atoms with Crippen LogP contribution < -0.4 is 10.7 Å². The molecule has 0 heterocycles. The lowest BCUT2D eigenvalue weighted by Crippen LogP contribution is -2.24. The number of thiocarbonyl (C=S) groups is 1. The zero-order valence-electron chi connectivity index (χ0n) is 10.9. The summed E-state index contributed by atoms with van der Waals surface area (Å²) < 4.78 is 12.8. The van der Waals surface area contributed by atoms with Crippen molar-refractivity contribution in [1.29, 1.82) is 0 Å². The molecule has 102 valence electrons. The van der Waals surface area contributed by atoms with Gasteiger partial charge in [0.2, 0.25) is 0 Å². The molecule has 0 fully saturated rings. The van der Waals surface area contributed by atoms with Crippen LogP contribution in [0.4, 0.5) is 10.1 Å². The quantitative estimate of drug-likeness (QED) is 0.515. The topological polar surface area (TPSA) is 36.4 Å². The van der Waals surface area contributed by atoms with Crippen LogP contribution in [0.2, 0.25) is 0 Å². The molecule has 0 saturated carbocycles. The molecular formula is C15H14FN3S. The fraction of sp³-hybridized carbons (Fsp3) is 0.0667. The number of benzene rings is 2. The number of hydrogen-bond acceptors (Lipinski definition) is 2.